The van der Waals surface area contributed by atoms with Gasteiger partial charge in [0.1, 0.15) is 5.75 Å². The minimum Gasteiger partial charge on any atom is -0.497 e. The highest BCUT2D eigenvalue weighted by molar-refractivity contribution is 6.84. The Labute approximate surface area is 327 Å². The van der Waals surface area contributed by atoms with Crippen LogP contribution >= 0.6 is 0 Å². The Hall–Kier alpha value is -5.09. The fourth-order valence-electron chi connectivity index (χ4n) is 5.41. The third kappa shape index (κ3) is 12.7. The molecule has 0 aliphatic heterocycles. The van der Waals surface area contributed by atoms with Crippen LogP contribution in [0.1, 0.15) is 22.3 Å². The number of hydrogen-bond acceptors (Lipinski definition) is 11. The standard InChI is InChI=1S/C22H30O6Si.C20H26O5Si/c1-24-18-10-9-16(13-19(18)28-11-12-29(5,6)23)7-8-17-14-20(25-2)22(27-4)21(15-17)26-3;1-22-16-10-9-14(13-19(16)26(5,6)21)7-8-15-11-17(23-2)20(25-4)18(12-15)24-3/h7-10,13-15,23H,11-12H2,1-6H3;7-13,21H,1-6H3/b2*8-7-. The van der Waals surface area contributed by atoms with Gasteiger partial charge in [-0.1, -0.05) is 36.4 Å². The molecule has 4 aromatic rings. The van der Waals surface area contributed by atoms with E-state index in [0.29, 0.717) is 64.4 Å². The van der Waals surface area contributed by atoms with Crippen molar-refractivity contribution in [3.8, 4) is 51.7 Å². The highest BCUT2D eigenvalue weighted by atomic mass is 28.4. The van der Waals surface area contributed by atoms with Crippen LogP contribution in [0.3, 0.4) is 0 Å². The lowest BCUT2D eigenvalue weighted by Gasteiger charge is -2.18. The van der Waals surface area contributed by atoms with Crippen LogP contribution in [0.25, 0.3) is 24.3 Å². The number of benzene rings is 4. The van der Waals surface area contributed by atoms with Crippen LogP contribution in [0.2, 0.25) is 32.2 Å². The van der Waals surface area contributed by atoms with Gasteiger partial charge in [0.05, 0.1) is 63.5 Å². The lowest BCUT2D eigenvalue weighted by molar-refractivity contribution is 0.305. The molecule has 0 saturated heterocycles. The van der Waals surface area contributed by atoms with E-state index in [4.69, 9.17) is 42.6 Å². The molecule has 0 bridgehead atoms. The topological polar surface area (TPSA) is 124 Å². The highest BCUT2D eigenvalue weighted by Crippen LogP contribution is 2.40. The van der Waals surface area contributed by atoms with Crippen LogP contribution in [0.15, 0.2) is 60.7 Å². The Morgan fingerprint density at radius 2 is 0.800 bits per heavy atom. The fourth-order valence-corrected chi connectivity index (χ4v) is 7.32. The molecule has 0 radical (unpaired) electrons. The van der Waals surface area contributed by atoms with Crippen LogP contribution in [-0.2, 0) is 0 Å². The van der Waals surface area contributed by atoms with E-state index in [1.54, 1.807) is 56.9 Å². The Balaban J connectivity index is 0.000000297. The second-order valence-corrected chi connectivity index (χ2v) is 21.2. The van der Waals surface area contributed by atoms with Gasteiger partial charge in [0.15, 0.2) is 42.8 Å². The minimum absolute atomic E-state index is 0.451. The summed E-state index contributed by atoms with van der Waals surface area (Å²) in [7, 11) is 8.10. The van der Waals surface area contributed by atoms with Gasteiger partial charge in [-0.25, -0.2) is 0 Å². The molecule has 0 saturated carbocycles. The Bertz CT molecular complexity index is 1860. The summed E-state index contributed by atoms with van der Waals surface area (Å²) in [6, 6.07) is 19.7. The zero-order chi connectivity index (χ0) is 40.8. The number of methoxy groups -OCH3 is 8. The molecule has 0 heterocycles. The summed E-state index contributed by atoms with van der Waals surface area (Å²) in [6.45, 7) is 7.98. The lowest BCUT2D eigenvalue weighted by atomic mass is 10.1. The van der Waals surface area contributed by atoms with E-state index in [-0.39, 0.29) is 0 Å². The van der Waals surface area contributed by atoms with Gasteiger partial charge >= 0.3 is 0 Å². The molecule has 13 heteroatoms. The van der Waals surface area contributed by atoms with Gasteiger partial charge in [-0.05, 0) is 97.0 Å². The normalized spacial score (nSPS) is 11.5. The molecular formula is C42H56O11Si2. The van der Waals surface area contributed by atoms with E-state index >= 15 is 0 Å². The molecule has 11 nitrogen and oxygen atoms in total. The third-order valence-electron chi connectivity index (χ3n) is 8.35. The molecule has 0 aliphatic carbocycles. The van der Waals surface area contributed by atoms with Crippen molar-refractivity contribution in [2.45, 2.75) is 32.2 Å². The van der Waals surface area contributed by atoms with Gasteiger partial charge in [0.25, 0.3) is 0 Å². The van der Waals surface area contributed by atoms with Gasteiger partial charge < -0.3 is 52.2 Å². The summed E-state index contributed by atoms with van der Waals surface area (Å²) >= 11 is 0. The van der Waals surface area contributed by atoms with Crippen molar-refractivity contribution in [2.75, 3.05) is 63.5 Å². The van der Waals surface area contributed by atoms with E-state index in [2.05, 4.69) is 0 Å². The summed E-state index contributed by atoms with van der Waals surface area (Å²) < 4.78 is 48.9. The minimum atomic E-state index is -2.50. The van der Waals surface area contributed by atoms with Crippen LogP contribution in [0.5, 0.6) is 51.7 Å². The van der Waals surface area contributed by atoms with Crippen molar-refractivity contribution in [3.05, 3.63) is 82.9 Å². The molecular weight excluding hydrogens is 737 g/mol. The number of hydrogen-bond donors (Lipinski definition) is 2. The number of ether oxygens (including phenoxy) is 9. The summed E-state index contributed by atoms with van der Waals surface area (Å²) in [6.07, 6.45) is 7.86. The predicted molar refractivity (Wildman–Crippen MR) is 225 cm³/mol. The van der Waals surface area contributed by atoms with Crippen molar-refractivity contribution < 1.29 is 52.2 Å². The van der Waals surface area contributed by atoms with Gasteiger partial charge in [0, 0.05) is 11.2 Å². The molecule has 298 valence electrons. The van der Waals surface area contributed by atoms with Crippen molar-refractivity contribution in [1.82, 2.24) is 0 Å². The monoisotopic (exact) mass is 792 g/mol. The zero-order valence-electron chi connectivity index (χ0n) is 34.1. The molecule has 0 unspecified atom stereocenters. The van der Waals surface area contributed by atoms with E-state index < -0.39 is 16.6 Å². The molecule has 0 spiro atoms. The summed E-state index contributed by atoms with van der Waals surface area (Å²) in [5, 5.41) is 0.868. The van der Waals surface area contributed by atoms with Crippen molar-refractivity contribution in [1.29, 1.82) is 0 Å². The van der Waals surface area contributed by atoms with E-state index in [0.717, 1.165) is 27.4 Å². The molecule has 55 heavy (non-hydrogen) atoms. The maximum absolute atomic E-state index is 10.5. The SMILES string of the molecule is COc1ccc(/C=C\c2cc(OC)c(OC)c(OC)c2)cc1OCC[Si](C)(C)O.COc1ccc(/C=C\c2cc(OC)c(OC)c(OC)c2)cc1[Si](C)(C)O. The second kappa shape index (κ2) is 20.6. The third-order valence-corrected chi connectivity index (χ3v) is 11.5. The number of rotatable bonds is 17. The first kappa shape index (κ1) is 44.3. The van der Waals surface area contributed by atoms with Crippen molar-refractivity contribution >= 4 is 46.1 Å². The average molecular weight is 793 g/mol. The van der Waals surface area contributed by atoms with Gasteiger partial charge in [-0.15, -0.1) is 0 Å². The molecule has 2 N–H and O–H groups in total. The average Bonchev–Trinajstić information content (AvgIpc) is 3.17. The van der Waals surface area contributed by atoms with E-state index in [1.165, 1.54) is 0 Å². The Morgan fingerprint density at radius 1 is 0.436 bits per heavy atom. The first-order valence-corrected chi connectivity index (χ1v) is 23.7. The molecule has 0 amide bonds. The molecule has 0 atom stereocenters. The smallest absolute Gasteiger partial charge is 0.217 e. The van der Waals surface area contributed by atoms with E-state index in [9.17, 15) is 9.59 Å². The Morgan fingerprint density at radius 3 is 1.16 bits per heavy atom. The molecule has 4 rings (SSSR count). The second-order valence-electron chi connectivity index (χ2n) is 13.4. The maximum atomic E-state index is 10.5. The van der Waals surface area contributed by atoms with Crippen LogP contribution in [0.4, 0.5) is 0 Å². The lowest BCUT2D eigenvalue weighted by Crippen LogP contribution is -2.42. The van der Waals surface area contributed by atoms with Crippen LogP contribution in [-0.4, -0.2) is 89.7 Å². The van der Waals surface area contributed by atoms with Crippen molar-refractivity contribution in [3.63, 3.8) is 0 Å². The van der Waals surface area contributed by atoms with Crippen molar-refractivity contribution in [2.24, 2.45) is 0 Å². The van der Waals surface area contributed by atoms with Crippen LogP contribution in [0, 0.1) is 0 Å². The largest absolute Gasteiger partial charge is 0.497 e. The first-order valence-electron chi connectivity index (χ1n) is 17.5. The van der Waals surface area contributed by atoms with Gasteiger partial charge in [-0.3, -0.25) is 0 Å². The molecule has 0 aliphatic rings. The van der Waals surface area contributed by atoms with E-state index in [1.807, 2.05) is 111 Å². The summed E-state index contributed by atoms with van der Waals surface area (Å²) in [4.78, 5) is 20.5. The quantitative estimate of drug-likeness (QED) is 0.0806. The van der Waals surface area contributed by atoms with Gasteiger partial charge in [0.2, 0.25) is 19.8 Å². The molecule has 0 aromatic heterocycles. The molecule has 0 fully saturated rings. The Kier molecular flexibility index (Phi) is 16.6. The first-order chi connectivity index (χ1) is 26.1. The fraction of sp³-hybridized carbons (Fsp3) is 0.333. The zero-order valence-corrected chi connectivity index (χ0v) is 36.1. The predicted octanol–water partition coefficient (Wildman–Crippen LogP) is 7.76. The van der Waals surface area contributed by atoms with Gasteiger partial charge in [-0.2, -0.15) is 0 Å². The van der Waals surface area contributed by atoms with Crippen LogP contribution < -0.4 is 47.8 Å². The summed E-state index contributed by atoms with van der Waals surface area (Å²) in [5.41, 5.74) is 3.75. The summed E-state index contributed by atoms with van der Waals surface area (Å²) in [5.74, 6) is 5.55. The molecule has 4 aromatic carbocycles. The maximum Gasteiger partial charge on any atom is 0.217 e. The highest BCUT2D eigenvalue weighted by Gasteiger charge is 2.25.